The Hall–Kier alpha value is -1.15. The number of rotatable bonds is 9. The van der Waals surface area contributed by atoms with E-state index in [0.717, 1.165) is 37.4 Å². The molecule has 26 heavy (non-hydrogen) atoms. The fourth-order valence-electron chi connectivity index (χ4n) is 2.87. The van der Waals surface area contributed by atoms with E-state index in [9.17, 15) is 0 Å². The van der Waals surface area contributed by atoms with E-state index in [4.69, 9.17) is 14.2 Å². The number of unbranched alkanes of at least 4 members (excludes halogenated alkanes) is 2. The van der Waals surface area contributed by atoms with Gasteiger partial charge in [-0.05, 0) is 30.8 Å². The van der Waals surface area contributed by atoms with E-state index in [1.54, 1.807) is 0 Å². The van der Waals surface area contributed by atoms with Gasteiger partial charge in [0.15, 0.2) is 11.5 Å². The number of hydrogen-bond acceptors (Lipinski definition) is 4. The van der Waals surface area contributed by atoms with Gasteiger partial charge in [-0.1, -0.05) is 31.4 Å². The monoisotopic (exact) mass is 577 g/mol. The molecule has 0 radical (unpaired) electrons. The first kappa shape index (κ1) is 21.2. The zero-order valence-corrected chi connectivity index (χ0v) is 19.2. The van der Waals surface area contributed by atoms with E-state index in [0.29, 0.717) is 12.4 Å². The Labute approximate surface area is 180 Å². The summed E-state index contributed by atoms with van der Waals surface area (Å²) >= 11 is 0. The van der Waals surface area contributed by atoms with E-state index < -0.39 is 0 Å². The van der Waals surface area contributed by atoms with Crippen molar-refractivity contribution in [2.45, 2.75) is 31.8 Å². The fourth-order valence-corrected chi connectivity index (χ4v) is 2.87. The van der Waals surface area contributed by atoms with Gasteiger partial charge in [-0.2, -0.15) is 24.8 Å². The van der Waals surface area contributed by atoms with Gasteiger partial charge in [0.05, 0.1) is 0 Å². The third kappa shape index (κ3) is 6.54. The van der Waals surface area contributed by atoms with Crippen LogP contribution in [0.4, 0.5) is 0 Å². The molecule has 0 aromatic heterocycles. The molecule has 0 fully saturated rings. The molecule has 1 N–H and O–H groups in total. The molecule has 0 saturated heterocycles. The number of hydrogen-bond donors (Lipinski definition) is 1. The van der Waals surface area contributed by atoms with Gasteiger partial charge in [-0.15, -0.1) is 12.1 Å². The van der Waals surface area contributed by atoms with Crippen LogP contribution in [0.3, 0.4) is 0 Å². The molecule has 0 spiro atoms. The van der Waals surface area contributed by atoms with Crippen molar-refractivity contribution < 1.29 is 45.3 Å². The fraction of sp³-hybridized carbons (Fsp3) is 0.381. The maximum absolute atomic E-state index is 5.93. The van der Waals surface area contributed by atoms with Gasteiger partial charge >= 0.3 is 31.1 Å². The van der Waals surface area contributed by atoms with Crippen molar-refractivity contribution in [3.8, 4) is 17.2 Å². The minimum absolute atomic E-state index is 0. The summed E-state index contributed by atoms with van der Waals surface area (Å²) in [7, 11) is 3.38. The second-order valence-electron chi connectivity index (χ2n) is 6.22. The Morgan fingerprint density at radius 2 is 1.96 bits per heavy atom. The third-order valence-electron chi connectivity index (χ3n) is 4.26. The van der Waals surface area contributed by atoms with Crippen molar-refractivity contribution >= 4 is 0 Å². The van der Waals surface area contributed by atoms with Crippen molar-refractivity contribution in [3.05, 3.63) is 61.2 Å². The zero-order valence-electron chi connectivity index (χ0n) is 15.0. The van der Waals surface area contributed by atoms with Crippen molar-refractivity contribution in [2.24, 2.45) is 0 Å². The smallest absolute Gasteiger partial charge is 0.683 e. The molecule has 136 valence electrons. The Balaban J connectivity index is 0.00000243. The number of ether oxygens (including phenoxy) is 3. The van der Waals surface area contributed by atoms with E-state index in [1.165, 1.54) is 18.4 Å². The van der Waals surface area contributed by atoms with E-state index in [1.807, 2.05) is 36.4 Å². The number of fused-ring (bicyclic) bond motifs is 1. The zero-order chi connectivity index (χ0) is 17.3. The molecule has 2 aromatic rings. The van der Waals surface area contributed by atoms with Gasteiger partial charge in [0.25, 0.3) is 0 Å². The van der Waals surface area contributed by atoms with Crippen LogP contribution < -0.4 is 19.5 Å². The number of nitrogens with one attached hydrogen (secondary N) is 1. The molecular formula is C21H25NO3U. The van der Waals surface area contributed by atoms with Crippen LogP contribution in [0.1, 0.15) is 24.8 Å². The minimum atomic E-state index is 0. The van der Waals surface area contributed by atoms with Crippen LogP contribution in [-0.4, -0.2) is 25.8 Å². The largest absolute Gasteiger partial charge is 2.00 e. The molecule has 0 amide bonds. The summed E-state index contributed by atoms with van der Waals surface area (Å²) in [6.45, 7) is 2.42. The second-order valence-corrected chi connectivity index (χ2v) is 6.22. The normalized spacial score (nSPS) is 15.2. The molecule has 0 saturated carbocycles. The predicted octanol–water partition coefficient (Wildman–Crippen LogP) is 3.80. The number of aryl methyl sites for hydroxylation is 1. The van der Waals surface area contributed by atoms with E-state index >= 15 is 0 Å². The summed E-state index contributed by atoms with van der Waals surface area (Å²) in [6, 6.07) is 16.9. The Kier molecular flexibility index (Phi) is 9.39. The molecule has 1 aliphatic rings. The van der Waals surface area contributed by atoms with Gasteiger partial charge in [0, 0.05) is 6.54 Å². The van der Waals surface area contributed by atoms with Crippen molar-refractivity contribution in [1.29, 1.82) is 0 Å². The summed E-state index contributed by atoms with van der Waals surface area (Å²) in [5, 5.41) is 3.47. The van der Waals surface area contributed by atoms with Gasteiger partial charge in [-0.3, -0.25) is 0 Å². The van der Waals surface area contributed by atoms with Crippen LogP contribution in [0, 0.1) is 44.3 Å². The molecule has 1 aliphatic heterocycles. The molecule has 4 nitrogen and oxygen atoms in total. The first-order valence-electron chi connectivity index (χ1n) is 8.87. The number of para-hydroxylation sites is 2. The van der Waals surface area contributed by atoms with Crippen LogP contribution in [0.2, 0.25) is 0 Å². The van der Waals surface area contributed by atoms with Crippen LogP contribution in [0.25, 0.3) is 0 Å². The standard InChI is InChI=1S/C21H25NO3.U/c1-23-18-12-10-17(11-13-18)7-3-2-6-14-22-15-19-16-24-20-8-4-5-9-21(20)25-19;/h4-5,8-12,19,22H,1-3,6-7,14-16H2;/q-2;+2/t19-;/m0./s1. The molecule has 1 atom stereocenters. The van der Waals surface area contributed by atoms with Gasteiger partial charge in [0.1, 0.15) is 12.7 Å². The molecule has 5 heteroatoms. The van der Waals surface area contributed by atoms with Crippen molar-refractivity contribution in [3.63, 3.8) is 0 Å². The molecule has 2 aromatic carbocycles. The molecular weight excluding hydrogens is 552 g/mol. The van der Waals surface area contributed by atoms with Crippen LogP contribution in [-0.2, 0) is 6.42 Å². The van der Waals surface area contributed by atoms with Crippen molar-refractivity contribution in [1.82, 2.24) is 5.32 Å². The molecule has 1 heterocycles. The Morgan fingerprint density at radius 1 is 1.12 bits per heavy atom. The van der Waals surface area contributed by atoms with E-state index in [-0.39, 0.29) is 37.2 Å². The topological polar surface area (TPSA) is 39.7 Å². The van der Waals surface area contributed by atoms with Crippen LogP contribution in [0.5, 0.6) is 17.2 Å². The summed E-state index contributed by atoms with van der Waals surface area (Å²) in [5.41, 5.74) is 1.29. The molecule has 3 rings (SSSR count). The van der Waals surface area contributed by atoms with Gasteiger partial charge < -0.3 is 19.5 Å². The van der Waals surface area contributed by atoms with Crippen LogP contribution >= 0.6 is 0 Å². The third-order valence-corrected chi connectivity index (χ3v) is 4.26. The molecule has 0 bridgehead atoms. The maximum atomic E-state index is 5.93. The minimum Gasteiger partial charge on any atom is -0.683 e. The predicted molar refractivity (Wildman–Crippen MR) is 98.0 cm³/mol. The first-order chi connectivity index (χ1) is 12.3. The summed E-state index contributed by atoms with van der Waals surface area (Å²) < 4.78 is 16.5. The summed E-state index contributed by atoms with van der Waals surface area (Å²) in [5.74, 6) is 2.36. The van der Waals surface area contributed by atoms with Gasteiger partial charge in [-0.25, -0.2) is 0 Å². The average Bonchev–Trinajstić information content (AvgIpc) is 2.67. The van der Waals surface area contributed by atoms with Crippen LogP contribution in [0.15, 0.2) is 42.5 Å². The van der Waals surface area contributed by atoms with Gasteiger partial charge in [0.2, 0.25) is 0 Å². The van der Waals surface area contributed by atoms with Crippen molar-refractivity contribution in [2.75, 3.05) is 19.7 Å². The SMILES string of the molecule is [CH2-]Oc1[c-]cc(CCCCCNC[C@H]2COc3ccccc3O2)cc1.[U+2]. The maximum Gasteiger partial charge on any atom is 2.00 e. The quantitative estimate of drug-likeness (QED) is 0.364. The first-order valence-corrected chi connectivity index (χ1v) is 8.87. The number of benzene rings is 2. The molecule has 0 aliphatic carbocycles. The Morgan fingerprint density at radius 3 is 2.73 bits per heavy atom. The Bertz CT molecular complexity index is 648. The van der Waals surface area contributed by atoms with E-state index in [2.05, 4.69) is 24.6 Å². The molecule has 0 unspecified atom stereocenters. The summed E-state index contributed by atoms with van der Waals surface area (Å²) in [4.78, 5) is 0. The average molecular weight is 577 g/mol. The summed E-state index contributed by atoms with van der Waals surface area (Å²) in [6.07, 6.45) is 4.69. The second kappa shape index (κ2) is 11.5.